The van der Waals surface area contributed by atoms with Gasteiger partial charge in [0.2, 0.25) is 21.8 Å². The summed E-state index contributed by atoms with van der Waals surface area (Å²) < 4.78 is 26.2. The number of rotatable bonds is 10. The molecular formula is C23H26Cl5N3O4S. The van der Waals surface area contributed by atoms with Gasteiger partial charge >= 0.3 is 0 Å². The predicted molar refractivity (Wildman–Crippen MR) is 148 cm³/mol. The molecule has 7 nitrogen and oxygen atoms in total. The number of halogens is 5. The molecule has 0 spiro atoms. The van der Waals surface area contributed by atoms with E-state index in [-0.39, 0.29) is 38.4 Å². The van der Waals surface area contributed by atoms with Gasteiger partial charge in [0.25, 0.3) is 0 Å². The van der Waals surface area contributed by atoms with Crippen LogP contribution in [0, 0.1) is 0 Å². The van der Waals surface area contributed by atoms with Crippen molar-refractivity contribution in [3.63, 3.8) is 0 Å². The van der Waals surface area contributed by atoms with E-state index < -0.39 is 34.4 Å². The molecular weight excluding hydrogens is 592 g/mol. The van der Waals surface area contributed by atoms with Crippen LogP contribution in [0.15, 0.2) is 30.3 Å². The molecule has 0 aliphatic rings. The fourth-order valence-corrected chi connectivity index (χ4v) is 5.05. The average molecular weight is 618 g/mol. The van der Waals surface area contributed by atoms with Gasteiger partial charge in [0.15, 0.2) is 0 Å². The van der Waals surface area contributed by atoms with E-state index in [0.29, 0.717) is 17.0 Å². The molecule has 36 heavy (non-hydrogen) atoms. The third kappa shape index (κ3) is 8.04. The zero-order valence-corrected chi connectivity index (χ0v) is 24.6. The lowest BCUT2D eigenvalue weighted by Gasteiger charge is -2.32. The minimum atomic E-state index is -3.99. The van der Waals surface area contributed by atoms with E-state index in [1.807, 2.05) is 13.8 Å². The number of hydrogen-bond donors (Lipinski definition) is 1. The van der Waals surface area contributed by atoms with Gasteiger partial charge in [-0.05, 0) is 50.1 Å². The zero-order chi connectivity index (χ0) is 27.4. The van der Waals surface area contributed by atoms with Crippen molar-refractivity contribution in [1.82, 2.24) is 10.2 Å². The fourth-order valence-electron chi connectivity index (χ4n) is 3.18. The van der Waals surface area contributed by atoms with Gasteiger partial charge in [-0.15, -0.1) is 0 Å². The van der Waals surface area contributed by atoms with Gasteiger partial charge < -0.3 is 10.2 Å². The summed E-state index contributed by atoms with van der Waals surface area (Å²) in [5, 5.41) is 3.63. The Labute approximate surface area is 236 Å². The van der Waals surface area contributed by atoms with E-state index >= 15 is 0 Å². The Hall–Kier alpha value is -1.42. The van der Waals surface area contributed by atoms with Gasteiger partial charge in [0, 0.05) is 12.6 Å². The summed E-state index contributed by atoms with van der Waals surface area (Å²) in [5.41, 5.74) is 0.576. The third-order valence-corrected chi connectivity index (χ3v) is 8.33. The first-order chi connectivity index (χ1) is 16.6. The molecule has 2 rings (SSSR count). The maximum absolute atomic E-state index is 13.6. The summed E-state index contributed by atoms with van der Waals surface area (Å²) in [6.45, 7) is 4.65. The number of benzene rings is 2. The van der Waals surface area contributed by atoms with E-state index in [4.69, 9.17) is 58.0 Å². The molecule has 2 unspecified atom stereocenters. The van der Waals surface area contributed by atoms with Gasteiger partial charge in [0.05, 0.1) is 37.1 Å². The second-order valence-electron chi connectivity index (χ2n) is 8.25. The number of nitrogens with one attached hydrogen (secondary N) is 1. The largest absolute Gasteiger partial charge is 0.352 e. The van der Waals surface area contributed by atoms with E-state index in [0.717, 1.165) is 10.6 Å². The van der Waals surface area contributed by atoms with Crippen molar-refractivity contribution in [2.45, 2.75) is 45.8 Å². The van der Waals surface area contributed by atoms with Crippen molar-refractivity contribution in [3.05, 3.63) is 61.0 Å². The topological polar surface area (TPSA) is 86.8 Å². The second-order valence-corrected chi connectivity index (χ2v) is 12.2. The quantitative estimate of drug-likeness (QED) is 0.329. The van der Waals surface area contributed by atoms with Gasteiger partial charge in [0.1, 0.15) is 12.6 Å². The number of amides is 2. The minimum Gasteiger partial charge on any atom is -0.352 e. The van der Waals surface area contributed by atoms with Gasteiger partial charge in [-0.1, -0.05) is 71.0 Å². The van der Waals surface area contributed by atoms with Crippen LogP contribution >= 0.6 is 58.0 Å². The molecule has 0 radical (unpaired) electrons. The molecule has 2 aromatic rings. The van der Waals surface area contributed by atoms with Gasteiger partial charge in [-0.3, -0.25) is 13.9 Å². The molecule has 0 heterocycles. The van der Waals surface area contributed by atoms with Crippen LogP contribution in [0.25, 0.3) is 0 Å². The highest BCUT2D eigenvalue weighted by atomic mass is 35.5. The lowest BCUT2D eigenvalue weighted by molar-refractivity contribution is -0.139. The Morgan fingerprint density at radius 2 is 1.50 bits per heavy atom. The van der Waals surface area contributed by atoms with Crippen LogP contribution in [0.5, 0.6) is 0 Å². The Balaban J connectivity index is 2.48. The summed E-state index contributed by atoms with van der Waals surface area (Å²) in [6.07, 6.45) is 1.62. The third-order valence-electron chi connectivity index (χ3n) is 5.44. The highest BCUT2D eigenvalue weighted by Gasteiger charge is 2.31. The van der Waals surface area contributed by atoms with Crippen molar-refractivity contribution in [2.75, 3.05) is 17.1 Å². The zero-order valence-electron chi connectivity index (χ0n) is 20.0. The highest BCUT2D eigenvalue weighted by Crippen LogP contribution is 2.35. The van der Waals surface area contributed by atoms with Crippen molar-refractivity contribution in [1.29, 1.82) is 0 Å². The lowest BCUT2D eigenvalue weighted by Crippen LogP contribution is -2.52. The molecule has 0 saturated carbocycles. The summed E-state index contributed by atoms with van der Waals surface area (Å²) in [5.74, 6) is -1.04. The number of hydrogen-bond acceptors (Lipinski definition) is 4. The van der Waals surface area contributed by atoms with Crippen LogP contribution in [-0.4, -0.2) is 50.0 Å². The molecule has 0 saturated heterocycles. The smallest absolute Gasteiger partial charge is 0.244 e. The maximum atomic E-state index is 13.6. The number of carbonyl (C=O) groups is 2. The fraction of sp³-hybridized carbons (Fsp3) is 0.391. The normalized spacial score (nSPS) is 13.1. The monoisotopic (exact) mass is 615 g/mol. The predicted octanol–water partition coefficient (Wildman–Crippen LogP) is 6.05. The van der Waals surface area contributed by atoms with Crippen LogP contribution < -0.4 is 9.62 Å². The van der Waals surface area contributed by atoms with E-state index in [1.54, 1.807) is 25.1 Å². The van der Waals surface area contributed by atoms with Crippen LogP contribution in [-0.2, 0) is 26.2 Å². The number of sulfonamides is 1. The molecule has 198 valence electrons. The Morgan fingerprint density at radius 1 is 0.917 bits per heavy atom. The number of carbonyl (C=O) groups excluding carboxylic acids is 2. The molecule has 2 atom stereocenters. The highest BCUT2D eigenvalue weighted by molar-refractivity contribution is 7.92. The lowest BCUT2D eigenvalue weighted by atomic mass is 10.1. The molecule has 13 heteroatoms. The maximum Gasteiger partial charge on any atom is 0.244 e. The van der Waals surface area contributed by atoms with Crippen molar-refractivity contribution < 1.29 is 18.0 Å². The number of nitrogens with zero attached hydrogens (tertiary/aromatic N) is 2. The van der Waals surface area contributed by atoms with Crippen LogP contribution in [0.3, 0.4) is 0 Å². The van der Waals surface area contributed by atoms with E-state index in [1.165, 1.54) is 17.0 Å². The molecule has 0 aliphatic carbocycles. The first-order valence-corrected chi connectivity index (χ1v) is 14.6. The van der Waals surface area contributed by atoms with Crippen LogP contribution in [0.1, 0.15) is 32.8 Å². The van der Waals surface area contributed by atoms with Crippen molar-refractivity contribution in [2.24, 2.45) is 0 Å². The number of anilines is 1. The molecule has 0 fully saturated rings. The summed E-state index contributed by atoms with van der Waals surface area (Å²) in [7, 11) is -3.99. The summed E-state index contributed by atoms with van der Waals surface area (Å²) >= 11 is 30.5. The SMILES string of the molecule is CCC(C)NC(=O)C(C)N(Cc1ccc(Cl)c(Cl)c1)C(=O)CN(c1cc(Cl)c(Cl)cc1Cl)S(C)(=O)=O. The Bertz CT molecular complexity index is 1240. The molecule has 0 aromatic heterocycles. The van der Waals surface area contributed by atoms with Crippen molar-refractivity contribution >= 4 is 85.5 Å². The van der Waals surface area contributed by atoms with Crippen LogP contribution in [0.2, 0.25) is 25.1 Å². The molecule has 2 aromatic carbocycles. The van der Waals surface area contributed by atoms with Crippen LogP contribution in [0.4, 0.5) is 5.69 Å². The Morgan fingerprint density at radius 3 is 2.06 bits per heavy atom. The Kier molecular flexibility index (Phi) is 11.0. The van der Waals surface area contributed by atoms with E-state index in [2.05, 4.69) is 5.32 Å². The van der Waals surface area contributed by atoms with E-state index in [9.17, 15) is 18.0 Å². The first kappa shape index (κ1) is 30.8. The first-order valence-electron chi connectivity index (χ1n) is 10.8. The molecule has 2 amide bonds. The minimum absolute atomic E-state index is 0.0128. The van der Waals surface area contributed by atoms with Crippen molar-refractivity contribution in [3.8, 4) is 0 Å². The summed E-state index contributed by atoms with van der Waals surface area (Å²) in [4.78, 5) is 27.8. The second kappa shape index (κ2) is 12.9. The van der Waals surface area contributed by atoms with Gasteiger partial charge in [-0.2, -0.15) is 0 Å². The molecule has 0 aliphatic heterocycles. The molecule has 0 bridgehead atoms. The van der Waals surface area contributed by atoms with Gasteiger partial charge in [-0.25, -0.2) is 8.42 Å². The summed E-state index contributed by atoms with van der Waals surface area (Å²) in [6, 6.07) is 6.31. The standard InChI is InChI=1S/C23H26Cl5N3O4S/c1-5-13(2)29-23(33)14(3)30(11-15-6-7-16(24)17(25)8-15)22(32)12-31(36(4,34)35)21-10-19(27)18(26)9-20(21)28/h6-10,13-14H,5,11-12H2,1-4H3,(H,29,33). The molecule has 1 N–H and O–H groups in total. The average Bonchev–Trinajstić information content (AvgIpc) is 2.79.